The van der Waals surface area contributed by atoms with Gasteiger partial charge in [0.1, 0.15) is 0 Å². The molecule has 152 valence electrons. The first-order chi connectivity index (χ1) is 13.1. The Morgan fingerprint density at radius 1 is 1.30 bits per heavy atom. The second-order valence-electron chi connectivity index (χ2n) is 7.37. The molecule has 1 aromatic rings. The average molecular weight is 378 g/mol. The van der Waals surface area contributed by atoms with Crippen LogP contribution in [0.4, 0.5) is 0 Å². The van der Waals surface area contributed by atoms with E-state index in [0.717, 1.165) is 57.3 Å². The molecule has 0 radical (unpaired) electrons. The minimum atomic E-state index is 0.162. The Kier molecular flexibility index (Phi) is 9.35. The third-order valence-electron chi connectivity index (χ3n) is 4.43. The highest BCUT2D eigenvalue weighted by molar-refractivity contribution is 5.79. The molecule has 0 aromatic carbocycles. The Balaban J connectivity index is 1.74. The summed E-state index contributed by atoms with van der Waals surface area (Å²) < 4.78 is 11.3. The van der Waals surface area contributed by atoms with E-state index in [1.807, 2.05) is 12.1 Å². The molecule has 0 spiro atoms. The molecular formula is C20H35N5O2. The van der Waals surface area contributed by atoms with Crippen molar-refractivity contribution >= 4 is 5.96 Å². The maximum absolute atomic E-state index is 5.93. The molecule has 0 bridgehead atoms. The van der Waals surface area contributed by atoms with Gasteiger partial charge in [0, 0.05) is 52.0 Å². The molecule has 2 rings (SSSR count). The quantitative estimate of drug-likeness (QED) is 0.506. The predicted octanol–water partition coefficient (Wildman–Crippen LogP) is 1.89. The predicted molar refractivity (Wildman–Crippen MR) is 109 cm³/mol. The molecule has 1 aliphatic heterocycles. The maximum Gasteiger partial charge on any atom is 0.213 e. The molecule has 1 unspecified atom stereocenters. The van der Waals surface area contributed by atoms with E-state index >= 15 is 0 Å². The summed E-state index contributed by atoms with van der Waals surface area (Å²) in [6, 6.07) is 3.98. The molecule has 2 N–H and O–H groups in total. The summed E-state index contributed by atoms with van der Waals surface area (Å²) in [4.78, 5) is 11.0. The smallest absolute Gasteiger partial charge is 0.213 e. The number of rotatable bonds is 9. The molecule has 1 atom stereocenters. The molecular weight excluding hydrogens is 342 g/mol. The molecule has 1 fully saturated rings. The van der Waals surface area contributed by atoms with E-state index in [4.69, 9.17) is 9.47 Å². The van der Waals surface area contributed by atoms with Crippen molar-refractivity contribution in [1.29, 1.82) is 0 Å². The first kappa shape index (κ1) is 21.4. The van der Waals surface area contributed by atoms with Crippen molar-refractivity contribution in [2.24, 2.45) is 10.9 Å². The second-order valence-corrected chi connectivity index (χ2v) is 7.37. The van der Waals surface area contributed by atoms with E-state index in [1.165, 1.54) is 0 Å². The van der Waals surface area contributed by atoms with Crippen LogP contribution in [0.15, 0.2) is 23.3 Å². The molecule has 0 aliphatic carbocycles. The van der Waals surface area contributed by atoms with E-state index in [0.29, 0.717) is 18.3 Å². The molecule has 27 heavy (non-hydrogen) atoms. The number of morpholine rings is 1. The van der Waals surface area contributed by atoms with Crippen molar-refractivity contribution in [3.63, 3.8) is 0 Å². The number of nitrogens with one attached hydrogen (secondary N) is 2. The summed E-state index contributed by atoms with van der Waals surface area (Å²) in [5.41, 5.74) is 1.12. The van der Waals surface area contributed by atoms with E-state index in [1.54, 1.807) is 13.2 Å². The van der Waals surface area contributed by atoms with Gasteiger partial charge >= 0.3 is 0 Å². The minimum absolute atomic E-state index is 0.162. The topological polar surface area (TPSA) is 71.0 Å². The van der Waals surface area contributed by atoms with Crippen LogP contribution in [0.3, 0.4) is 0 Å². The summed E-state index contributed by atoms with van der Waals surface area (Å²) in [5.74, 6) is 2.09. The van der Waals surface area contributed by atoms with Gasteiger partial charge in [-0.15, -0.1) is 0 Å². The molecule has 2 heterocycles. The number of hydrogen-bond donors (Lipinski definition) is 2. The maximum atomic E-state index is 5.93. The first-order valence-electron chi connectivity index (χ1n) is 9.93. The zero-order chi connectivity index (χ0) is 19.5. The van der Waals surface area contributed by atoms with Crippen molar-refractivity contribution < 1.29 is 9.47 Å². The molecule has 7 nitrogen and oxygen atoms in total. The summed E-state index contributed by atoms with van der Waals surface area (Å²) in [7, 11) is 1.79. The highest BCUT2D eigenvalue weighted by Crippen LogP contribution is 2.14. The van der Waals surface area contributed by atoms with Crippen LogP contribution in [-0.2, 0) is 11.3 Å². The fourth-order valence-electron chi connectivity index (χ4n) is 3.11. The number of guanidine groups is 1. The number of ether oxygens (including phenoxy) is 2. The van der Waals surface area contributed by atoms with Crippen LogP contribution in [-0.4, -0.2) is 68.4 Å². The molecule has 1 aliphatic rings. The van der Waals surface area contributed by atoms with E-state index in [9.17, 15) is 0 Å². The second kappa shape index (κ2) is 11.8. The van der Waals surface area contributed by atoms with Gasteiger partial charge in [-0.1, -0.05) is 13.8 Å². The lowest BCUT2D eigenvalue weighted by atomic mass is 10.1. The Hall–Kier alpha value is -1.86. The van der Waals surface area contributed by atoms with Gasteiger partial charge in [-0.3, -0.25) is 9.89 Å². The van der Waals surface area contributed by atoms with Crippen molar-refractivity contribution in [1.82, 2.24) is 20.5 Å². The largest absolute Gasteiger partial charge is 0.475 e. The molecule has 0 amide bonds. The zero-order valence-electron chi connectivity index (χ0n) is 17.2. The van der Waals surface area contributed by atoms with E-state index in [-0.39, 0.29) is 6.10 Å². The van der Waals surface area contributed by atoms with Gasteiger partial charge in [-0.2, -0.15) is 0 Å². The monoisotopic (exact) mass is 377 g/mol. The van der Waals surface area contributed by atoms with Crippen molar-refractivity contribution in [3.05, 3.63) is 23.9 Å². The van der Waals surface area contributed by atoms with Gasteiger partial charge in [0.2, 0.25) is 5.88 Å². The lowest BCUT2D eigenvalue weighted by Gasteiger charge is -2.26. The number of aliphatic imine (C=N–C) groups is 1. The Morgan fingerprint density at radius 2 is 2.07 bits per heavy atom. The first-order valence-corrected chi connectivity index (χ1v) is 9.93. The standard InChI is InChI=1S/C20H35N5O2/c1-16(2)13-17(3)27-19-14-18(5-6-22-19)15-24-20(21-4)23-7-8-25-9-11-26-12-10-25/h5-6,14,16-17H,7-13,15H2,1-4H3,(H2,21,23,24). The number of pyridine rings is 1. The van der Waals surface area contributed by atoms with E-state index < -0.39 is 0 Å². The minimum Gasteiger partial charge on any atom is -0.475 e. The Labute approximate surface area is 163 Å². The van der Waals surface area contributed by atoms with Crippen molar-refractivity contribution in [2.45, 2.75) is 39.8 Å². The van der Waals surface area contributed by atoms with Crippen LogP contribution >= 0.6 is 0 Å². The van der Waals surface area contributed by atoms with E-state index in [2.05, 4.69) is 46.3 Å². The summed E-state index contributed by atoms with van der Waals surface area (Å²) in [5, 5.41) is 6.71. The molecule has 1 aromatic heterocycles. The van der Waals surface area contributed by atoms with Crippen molar-refractivity contribution in [3.8, 4) is 5.88 Å². The summed E-state index contributed by atoms with van der Waals surface area (Å²) in [6.07, 6.45) is 2.97. The van der Waals surface area contributed by atoms with Gasteiger partial charge < -0.3 is 20.1 Å². The van der Waals surface area contributed by atoms with Crippen LogP contribution in [0.25, 0.3) is 0 Å². The van der Waals surface area contributed by atoms with Gasteiger partial charge in [0.05, 0.1) is 19.3 Å². The number of nitrogens with zero attached hydrogens (tertiary/aromatic N) is 3. The molecule has 1 saturated heterocycles. The van der Waals surface area contributed by atoms with Gasteiger partial charge in [0.15, 0.2) is 5.96 Å². The lowest BCUT2D eigenvalue weighted by molar-refractivity contribution is 0.0389. The van der Waals surface area contributed by atoms with Crippen LogP contribution in [0.5, 0.6) is 5.88 Å². The normalized spacial score (nSPS) is 17.0. The van der Waals surface area contributed by atoms with Crippen LogP contribution in [0, 0.1) is 5.92 Å². The lowest BCUT2D eigenvalue weighted by Crippen LogP contribution is -2.44. The Bertz CT molecular complexity index is 573. The fourth-order valence-corrected chi connectivity index (χ4v) is 3.11. The highest BCUT2D eigenvalue weighted by Gasteiger charge is 2.10. The SMILES string of the molecule is CN=C(NCCN1CCOCC1)NCc1ccnc(OC(C)CC(C)C)c1. The zero-order valence-corrected chi connectivity index (χ0v) is 17.2. The summed E-state index contributed by atoms with van der Waals surface area (Å²) in [6.45, 7) is 12.7. The molecule has 0 saturated carbocycles. The van der Waals surface area contributed by atoms with Crippen LogP contribution < -0.4 is 15.4 Å². The number of hydrogen-bond acceptors (Lipinski definition) is 5. The van der Waals surface area contributed by atoms with Crippen LogP contribution in [0.1, 0.15) is 32.8 Å². The number of aromatic nitrogens is 1. The highest BCUT2D eigenvalue weighted by atomic mass is 16.5. The van der Waals surface area contributed by atoms with Crippen LogP contribution in [0.2, 0.25) is 0 Å². The van der Waals surface area contributed by atoms with Gasteiger partial charge in [0.25, 0.3) is 0 Å². The van der Waals surface area contributed by atoms with Crippen molar-refractivity contribution in [2.75, 3.05) is 46.4 Å². The summed E-state index contributed by atoms with van der Waals surface area (Å²) >= 11 is 0. The third kappa shape index (κ3) is 8.58. The van der Waals surface area contributed by atoms with Gasteiger partial charge in [-0.05, 0) is 30.9 Å². The molecule has 7 heteroatoms. The van der Waals surface area contributed by atoms with Gasteiger partial charge in [-0.25, -0.2) is 4.98 Å². The Morgan fingerprint density at radius 3 is 2.78 bits per heavy atom. The fraction of sp³-hybridized carbons (Fsp3) is 0.700. The third-order valence-corrected chi connectivity index (χ3v) is 4.43. The average Bonchev–Trinajstić information content (AvgIpc) is 2.65.